The minimum atomic E-state index is -1.57. The van der Waals surface area contributed by atoms with Crippen molar-refractivity contribution in [2.24, 2.45) is 23.1 Å². The lowest BCUT2D eigenvalue weighted by Gasteiger charge is -2.25. The number of carbonyl (C=O) groups excluding carboxylic acids is 5. The summed E-state index contributed by atoms with van der Waals surface area (Å²) in [6.45, 7) is 3.51. The van der Waals surface area contributed by atoms with Gasteiger partial charge in [-0.2, -0.15) is 0 Å². The summed E-state index contributed by atoms with van der Waals surface area (Å²) in [6, 6.07) is -5.49. The maximum atomic E-state index is 12.9. The molecule has 0 aliphatic carbocycles. The quantitative estimate of drug-likeness (QED) is 0.0991. The van der Waals surface area contributed by atoms with Gasteiger partial charge in [0.2, 0.25) is 29.5 Å². The monoisotopic (exact) mass is 502 g/mol. The first-order valence-electron chi connectivity index (χ1n) is 10.8. The zero-order valence-corrected chi connectivity index (χ0v) is 19.6. The number of amides is 5. The number of primary amides is 2. The Morgan fingerprint density at radius 3 is 1.66 bits per heavy atom. The largest absolute Gasteiger partial charge is 0.481 e. The minimum absolute atomic E-state index is 0.108. The van der Waals surface area contributed by atoms with Crippen LogP contribution < -0.4 is 33.2 Å². The van der Waals surface area contributed by atoms with Gasteiger partial charge < -0.3 is 43.4 Å². The normalized spacial score (nSPS) is 14.2. The van der Waals surface area contributed by atoms with Crippen LogP contribution in [0.3, 0.4) is 0 Å². The molecule has 15 heteroatoms. The van der Waals surface area contributed by atoms with Crippen LogP contribution in [-0.4, -0.2) is 75.9 Å². The summed E-state index contributed by atoms with van der Waals surface area (Å²) in [5.74, 6) is -7.14. The fourth-order valence-corrected chi connectivity index (χ4v) is 2.92. The summed E-state index contributed by atoms with van der Waals surface area (Å²) in [4.78, 5) is 82.2. The number of carbonyl (C=O) groups is 7. The average molecular weight is 503 g/mol. The third-order valence-corrected chi connectivity index (χ3v) is 4.67. The fraction of sp³-hybridized carbons (Fsp3) is 0.650. The molecule has 15 nitrogen and oxygen atoms in total. The molecule has 35 heavy (non-hydrogen) atoms. The number of aliphatic carboxylic acids is 2. The number of rotatable bonds is 17. The first-order valence-corrected chi connectivity index (χ1v) is 10.8. The maximum absolute atomic E-state index is 12.9. The van der Waals surface area contributed by atoms with Crippen LogP contribution >= 0.6 is 0 Å². The van der Waals surface area contributed by atoms with Crippen LogP contribution in [-0.2, 0) is 33.6 Å². The molecule has 0 bridgehead atoms. The van der Waals surface area contributed by atoms with Crippen LogP contribution in [0, 0.1) is 5.92 Å². The van der Waals surface area contributed by atoms with E-state index in [9.17, 15) is 38.7 Å². The van der Waals surface area contributed by atoms with Gasteiger partial charge in [-0.1, -0.05) is 13.8 Å². The molecule has 0 saturated carbocycles. The first-order chi connectivity index (χ1) is 16.1. The standard InChI is InChI=1S/C20H34N6O9/c1-9(2)7-13(26-17(31)10(21)8-15(23)28)19(33)24-11(3-5-14(22)27)18(32)25-12(20(34)35)4-6-16(29)30/h9-13H,3-8,21H2,1-2H3,(H2,22,27)(H2,23,28)(H,24,33)(H,25,32)(H,26,31)(H,29,30)(H,34,35). The van der Waals surface area contributed by atoms with E-state index in [4.69, 9.17) is 22.3 Å². The molecule has 0 aromatic heterocycles. The molecule has 4 unspecified atom stereocenters. The molecule has 4 atom stereocenters. The van der Waals surface area contributed by atoms with E-state index in [0.29, 0.717) is 0 Å². The van der Waals surface area contributed by atoms with Crippen LogP contribution in [0.1, 0.15) is 52.4 Å². The van der Waals surface area contributed by atoms with Gasteiger partial charge in [0.15, 0.2) is 0 Å². The Labute approximate surface area is 201 Å². The van der Waals surface area contributed by atoms with Gasteiger partial charge in [0.25, 0.3) is 0 Å². The zero-order valence-electron chi connectivity index (χ0n) is 19.6. The van der Waals surface area contributed by atoms with Gasteiger partial charge in [-0.25, -0.2) is 4.79 Å². The predicted molar refractivity (Wildman–Crippen MR) is 120 cm³/mol. The highest BCUT2D eigenvalue weighted by atomic mass is 16.4. The summed E-state index contributed by atoms with van der Waals surface area (Å²) in [5, 5.41) is 24.9. The number of hydrogen-bond donors (Lipinski definition) is 8. The van der Waals surface area contributed by atoms with Gasteiger partial charge in [0.1, 0.15) is 18.1 Å². The van der Waals surface area contributed by atoms with Crippen LogP contribution in [0.5, 0.6) is 0 Å². The second-order valence-electron chi connectivity index (χ2n) is 8.37. The lowest BCUT2D eigenvalue weighted by molar-refractivity contribution is -0.143. The fourth-order valence-electron chi connectivity index (χ4n) is 2.92. The lowest BCUT2D eigenvalue weighted by Crippen LogP contribution is -2.57. The summed E-state index contributed by atoms with van der Waals surface area (Å²) in [5.41, 5.74) is 15.7. The highest BCUT2D eigenvalue weighted by Gasteiger charge is 2.31. The molecule has 0 fully saturated rings. The molecule has 198 valence electrons. The molecule has 0 radical (unpaired) electrons. The minimum Gasteiger partial charge on any atom is -0.481 e. The van der Waals surface area contributed by atoms with Gasteiger partial charge in [-0.15, -0.1) is 0 Å². The Balaban J connectivity index is 5.60. The maximum Gasteiger partial charge on any atom is 0.326 e. The molecular weight excluding hydrogens is 468 g/mol. The smallest absolute Gasteiger partial charge is 0.326 e. The first kappa shape index (κ1) is 31.2. The van der Waals surface area contributed by atoms with Crippen LogP contribution in [0.25, 0.3) is 0 Å². The predicted octanol–water partition coefficient (Wildman–Crippen LogP) is -3.10. The Bertz CT molecular complexity index is 817. The van der Waals surface area contributed by atoms with E-state index in [1.165, 1.54) is 0 Å². The average Bonchev–Trinajstić information content (AvgIpc) is 2.71. The molecule has 0 aliphatic rings. The van der Waals surface area contributed by atoms with Crippen molar-refractivity contribution in [3.8, 4) is 0 Å². The summed E-state index contributed by atoms with van der Waals surface area (Å²) in [7, 11) is 0. The van der Waals surface area contributed by atoms with Crippen molar-refractivity contribution in [3.63, 3.8) is 0 Å². The van der Waals surface area contributed by atoms with E-state index in [1.807, 2.05) is 0 Å². The molecule has 0 saturated heterocycles. The van der Waals surface area contributed by atoms with Gasteiger partial charge in [-0.05, 0) is 25.2 Å². The van der Waals surface area contributed by atoms with E-state index < -0.39 is 84.9 Å². The molecule has 11 N–H and O–H groups in total. The molecule has 0 heterocycles. The van der Waals surface area contributed by atoms with E-state index >= 15 is 0 Å². The van der Waals surface area contributed by atoms with E-state index in [-0.39, 0.29) is 25.2 Å². The Morgan fingerprint density at radius 2 is 1.20 bits per heavy atom. The van der Waals surface area contributed by atoms with Gasteiger partial charge in [0, 0.05) is 12.8 Å². The second kappa shape index (κ2) is 15.2. The Morgan fingerprint density at radius 1 is 0.714 bits per heavy atom. The lowest BCUT2D eigenvalue weighted by atomic mass is 10.0. The summed E-state index contributed by atoms with van der Waals surface area (Å²) < 4.78 is 0. The number of hydrogen-bond acceptors (Lipinski definition) is 8. The van der Waals surface area contributed by atoms with Crippen molar-refractivity contribution in [3.05, 3.63) is 0 Å². The zero-order chi connectivity index (χ0) is 27.3. The summed E-state index contributed by atoms with van der Waals surface area (Å²) in [6.07, 6.45) is -1.93. The SMILES string of the molecule is CC(C)CC(NC(=O)C(N)CC(N)=O)C(=O)NC(CCC(N)=O)C(=O)NC(CCC(=O)O)C(=O)O. The van der Waals surface area contributed by atoms with E-state index in [1.54, 1.807) is 13.8 Å². The highest BCUT2D eigenvalue weighted by Crippen LogP contribution is 2.08. The van der Waals surface area contributed by atoms with Gasteiger partial charge in [0.05, 0.1) is 12.5 Å². The van der Waals surface area contributed by atoms with Gasteiger partial charge >= 0.3 is 11.9 Å². The van der Waals surface area contributed by atoms with Crippen molar-refractivity contribution in [2.45, 2.75) is 76.5 Å². The molecule has 0 aromatic carbocycles. The number of nitrogens with one attached hydrogen (secondary N) is 3. The molecule has 0 spiro atoms. The van der Waals surface area contributed by atoms with Crippen molar-refractivity contribution in [2.75, 3.05) is 0 Å². The molecule has 0 aliphatic heterocycles. The number of carboxylic acid groups (broad SMARTS) is 2. The van der Waals surface area contributed by atoms with Crippen LogP contribution in [0.4, 0.5) is 0 Å². The van der Waals surface area contributed by atoms with E-state index in [2.05, 4.69) is 16.0 Å². The molecule has 0 aromatic rings. The van der Waals surface area contributed by atoms with Crippen LogP contribution in [0.15, 0.2) is 0 Å². The molecular formula is C20H34N6O9. The summed E-state index contributed by atoms with van der Waals surface area (Å²) >= 11 is 0. The van der Waals surface area contributed by atoms with Gasteiger partial charge in [-0.3, -0.25) is 28.8 Å². The van der Waals surface area contributed by atoms with Crippen molar-refractivity contribution >= 4 is 41.5 Å². The topological polar surface area (TPSA) is 274 Å². The third-order valence-electron chi connectivity index (χ3n) is 4.67. The second-order valence-corrected chi connectivity index (χ2v) is 8.37. The van der Waals surface area contributed by atoms with Crippen molar-refractivity contribution in [1.82, 2.24) is 16.0 Å². The Hall–Kier alpha value is -3.75. The highest BCUT2D eigenvalue weighted by molar-refractivity contribution is 5.95. The molecule has 0 rings (SSSR count). The van der Waals surface area contributed by atoms with Crippen LogP contribution in [0.2, 0.25) is 0 Å². The van der Waals surface area contributed by atoms with Crippen molar-refractivity contribution < 1.29 is 43.8 Å². The number of carboxylic acids is 2. The molecule has 5 amide bonds. The Kier molecular flexibility index (Phi) is 13.6. The third kappa shape index (κ3) is 13.5. The van der Waals surface area contributed by atoms with E-state index in [0.717, 1.165) is 0 Å². The van der Waals surface area contributed by atoms with Crippen molar-refractivity contribution in [1.29, 1.82) is 0 Å². The number of nitrogens with two attached hydrogens (primary N) is 3.